The number of aromatic amines is 1. The average molecular weight is 391 g/mol. The maximum Gasteiger partial charge on any atom is 0.260 e. The number of nitrogens with one attached hydrogen (secondary N) is 1. The predicted octanol–water partition coefficient (Wildman–Crippen LogP) is 2.50. The first-order chi connectivity index (χ1) is 14.0. The van der Waals surface area contributed by atoms with E-state index in [9.17, 15) is 15.0 Å². The second kappa shape index (κ2) is 7.90. The number of aliphatic hydroxyl groups excluding tert-OH is 2. The van der Waals surface area contributed by atoms with Crippen LogP contribution in [0.3, 0.4) is 0 Å². The van der Waals surface area contributed by atoms with Crippen molar-refractivity contribution in [2.24, 2.45) is 0 Å². The van der Waals surface area contributed by atoms with Gasteiger partial charge in [-0.05, 0) is 36.8 Å². The van der Waals surface area contributed by atoms with Crippen LogP contribution >= 0.6 is 0 Å². The van der Waals surface area contributed by atoms with Crippen LogP contribution in [0.15, 0.2) is 71.9 Å². The van der Waals surface area contributed by atoms with Crippen LogP contribution in [0.1, 0.15) is 6.92 Å². The fourth-order valence-corrected chi connectivity index (χ4v) is 3.13. The molecule has 2 heterocycles. The number of aromatic nitrogens is 3. The number of ether oxygens (including phenoxy) is 1. The fourth-order valence-electron chi connectivity index (χ4n) is 3.13. The summed E-state index contributed by atoms with van der Waals surface area (Å²) in [4.78, 5) is 19.6. The highest BCUT2D eigenvalue weighted by molar-refractivity contribution is 5.94. The highest BCUT2D eigenvalue weighted by Crippen LogP contribution is 2.30. The summed E-state index contributed by atoms with van der Waals surface area (Å²) in [6.45, 7) is 1.50. The molecule has 29 heavy (non-hydrogen) atoms. The number of hydrogen-bond donors (Lipinski definition) is 3. The van der Waals surface area contributed by atoms with Crippen molar-refractivity contribution in [1.29, 1.82) is 0 Å². The number of nitrogens with zero attached hydrogens (tertiary/aromatic N) is 2. The van der Waals surface area contributed by atoms with Crippen molar-refractivity contribution in [3.05, 3.63) is 77.5 Å². The van der Waals surface area contributed by atoms with E-state index in [0.717, 1.165) is 16.8 Å². The molecule has 0 saturated carbocycles. The summed E-state index contributed by atoms with van der Waals surface area (Å²) in [7, 11) is 0. The van der Waals surface area contributed by atoms with Crippen molar-refractivity contribution in [3.8, 4) is 22.6 Å². The average Bonchev–Trinajstić information content (AvgIpc) is 3.14. The smallest absolute Gasteiger partial charge is 0.260 e. The summed E-state index contributed by atoms with van der Waals surface area (Å²) in [5.41, 5.74) is 2.88. The van der Waals surface area contributed by atoms with Crippen molar-refractivity contribution in [3.63, 3.8) is 0 Å². The van der Waals surface area contributed by atoms with Crippen molar-refractivity contribution in [1.82, 2.24) is 14.5 Å². The molecular formula is C22H21N3O4. The quantitative estimate of drug-likeness (QED) is 0.469. The van der Waals surface area contributed by atoms with Crippen molar-refractivity contribution >= 4 is 11.0 Å². The molecule has 0 radical (unpaired) electrons. The van der Waals surface area contributed by atoms with E-state index >= 15 is 0 Å². The zero-order chi connectivity index (χ0) is 20.4. The molecule has 2 aromatic heterocycles. The number of aliphatic hydroxyl groups is 2. The number of para-hydroxylation sites is 1. The lowest BCUT2D eigenvalue weighted by atomic mass is 10.1. The number of hydrogen-bond acceptors (Lipinski definition) is 5. The Kier molecular flexibility index (Phi) is 5.16. The topological polar surface area (TPSA) is 100 Å². The van der Waals surface area contributed by atoms with Crippen LogP contribution in [0, 0.1) is 0 Å². The zero-order valence-electron chi connectivity index (χ0n) is 15.8. The predicted molar refractivity (Wildman–Crippen MR) is 110 cm³/mol. The van der Waals surface area contributed by atoms with Crippen molar-refractivity contribution < 1.29 is 14.9 Å². The Morgan fingerprint density at radius 3 is 2.52 bits per heavy atom. The van der Waals surface area contributed by atoms with Gasteiger partial charge in [0.25, 0.3) is 5.56 Å². The highest BCUT2D eigenvalue weighted by Gasteiger charge is 2.16. The Bertz CT molecular complexity index is 1160. The Hall–Kier alpha value is -3.42. The lowest BCUT2D eigenvalue weighted by Gasteiger charge is -2.14. The van der Waals surface area contributed by atoms with Crippen LogP contribution in [0.5, 0.6) is 5.75 Å². The first kappa shape index (κ1) is 18.9. The van der Waals surface area contributed by atoms with Gasteiger partial charge in [0.15, 0.2) is 5.65 Å². The lowest BCUT2D eigenvalue weighted by Crippen LogP contribution is -2.29. The monoisotopic (exact) mass is 391 g/mol. The summed E-state index contributed by atoms with van der Waals surface area (Å²) in [5, 5.41) is 19.5. The fraction of sp³-hybridized carbons (Fsp3) is 0.182. The third-order valence-electron chi connectivity index (χ3n) is 4.77. The SMILES string of the molecule is C[C@H](O)[C@@H](O)COc1ccc(-c2cn(-c3ccccc3)c3nc[nH]c(=O)c23)cc1. The van der Waals surface area contributed by atoms with Crippen LogP contribution in [0.25, 0.3) is 27.8 Å². The van der Waals surface area contributed by atoms with Crippen molar-refractivity contribution in [2.75, 3.05) is 6.61 Å². The number of fused-ring (bicyclic) bond motifs is 1. The second-order valence-electron chi connectivity index (χ2n) is 6.82. The van der Waals surface area contributed by atoms with E-state index in [1.54, 1.807) is 12.1 Å². The van der Waals surface area contributed by atoms with Gasteiger partial charge in [-0.15, -0.1) is 0 Å². The molecule has 7 heteroatoms. The normalized spacial score (nSPS) is 13.3. The highest BCUT2D eigenvalue weighted by atomic mass is 16.5. The Labute approximate surface area is 166 Å². The maximum atomic E-state index is 12.5. The second-order valence-corrected chi connectivity index (χ2v) is 6.82. The summed E-state index contributed by atoms with van der Waals surface area (Å²) in [6, 6.07) is 16.9. The van der Waals surface area contributed by atoms with Gasteiger partial charge in [0, 0.05) is 17.4 Å². The molecular weight excluding hydrogens is 370 g/mol. The molecule has 0 aliphatic heterocycles. The molecule has 0 aliphatic carbocycles. The van der Waals surface area contributed by atoms with Gasteiger partial charge in [0.2, 0.25) is 0 Å². The number of H-pyrrole nitrogens is 1. The Balaban J connectivity index is 1.72. The maximum absolute atomic E-state index is 12.5. The molecule has 4 rings (SSSR count). The standard InChI is InChI=1S/C22H21N3O4/c1-14(26)19(27)12-29-17-9-7-15(8-10-17)18-11-25(16-5-3-2-4-6-16)21-20(18)22(28)24-13-23-21/h2-11,13-14,19,26-27H,12H2,1H3,(H,23,24,28)/t14-,19-/m0/s1. The third-order valence-corrected chi connectivity index (χ3v) is 4.77. The van der Waals surface area contributed by atoms with Gasteiger partial charge in [0.1, 0.15) is 18.5 Å². The summed E-state index contributed by atoms with van der Waals surface area (Å²) < 4.78 is 7.40. The van der Waals surface area contributed by atoms with E-state index in [2.05, 4.69) is 9.97 Å². The zero-order valence-corrected chi connectivity index (χ0v) is 15.8. The molecule has 2 aromatic carbocycles. The third kappa shape index (κ3) is 3.78. The molecule has 148 valence electrons. The molecule has 4 aromatic rings. The molecule has 2 atom stereocenters. The first-order valence-electron chi connectivity index (χ1n) is 9.28. The molecule has 0 saturated heterocycles. The molecule has 0 bridgehead atoms. The summed E-state index contributed by atoms with van der Waals surface area (Å²) in [5.74, 6) is 0.562. The molecule has 3 N–H and O–H groups in total. The van der Waals surface area contributed by atoms with E-state index in [-0.39, 0.29) is 12.2 Å². The van der Waals surface area contributed by atoms with E-state index in [0.29, 0.717) is 16.8 Å². The first-order valence-corrected chi connectivity index (χ1v) is 9.28. The lowest BCUT2D eigenvalue weighted by molar-refractivity contribution is 0.00227. The van der Waals surface area contributed by atoms with Crippen LogP contribution in [0.4, 0.5) is 0 Å². The van der Waals surface area contributed by atoms with Crippen LogP contribution in [-0.2, 0) is 0 Å². The number of rotatable bonds is 6. The molecule has 0 spiro atoms. The number of benzene rings is 2. The van der Waals surface area contributed by atoms with Crippen molar-refractivity contribution in [2.45, 2.75) is 19.1 Å². The van der Waals surface area contributed by atoms with Gasteiger partial charge in [-0.2, -0.15) is 0 Å². The molecule has 0 aliphatic rings. The minimum Gasteiger partial charge on any atom is -0.491 e. The van der Waals surface area contributed by atoms with E-state index < -0.39 is 12.2 Å². The van der Waals surface area contributed by atoms with Crippen LogP contribution in [0.2, 0.25) is 0 Å². The van der Waals surface area contributed by atoms with Crippen LogP contribution in [-0.4, -0.2) is 43.6 Å². The van der Waals surface area contributed by atoms with Gasteiger partial charge in [-0.3, -0.25) is 4.79 Å². The molecule has 0 amide bonds. The summed E-state index contributed by atoms with van der Waals surface area (Å²) >= 11 is 0. The van der Waals surface area contributed by atoms with Gasteiger partial charge < -0.3 is 24.5 Å². The Morgan fingerprint density at radius 1 is 1.10 bits per heavy atom. The van der Waals surface area contributed by atoms with E-state index in [4.69, 9.17) is 4.74 Å². The minimum atomic E-state index is -0.955. The minimum absolute atomic E-state index is 0.00604. The van der Waals surface area contributed by atoms with Gasteiger partial charge in [0.05, 0.1) is 17.8 Å². The van der Waals surface area contributed by atoms with Gasteiger partial charge in [-0.25, -0.2) is 4.98 Å². The molecule has 7 nitrogen and oxygen atoms in total. The van der Waals surface area contributed by atoms with Gasteiger partial charge >= 0.3 is 0 Å². The van der Waals surface area contributed by atoms with E-state index in [1.807, 2.05) is 53.2 Å². The van der Waals surface area contributed by atoms with E-state index in [1.165, 1.54) is 13.3 Å². The summed E-state index contributed by atoms with van der Waals surface area (Å²) in [6.07, 6.45) is 1.48. The molecule has 0 fully saturated rings. The van der Waals surface area contributed by atoms with Gasteiger partial charge in [-0.1, -0.05) is 30.3 Å². The Morgan fingerprint density at radius 2 is 1.83 bits per heavy atom. The largest absolute Gasteiger partial charge is 0.491 e. The molecule has 0 unspecified atom stereocenters. The van der Waals surface area contributed by atoms with Crippen LogP contribution < -0.4 is 10.3 Å².